The van der Waals surface area contributed by atoms with Gasteiger partial charge in [0.05, 0.1) is 23.7 Å². The average molecular weight is 327 g/mol. The first-order valence-corrected chi connectivity index (χ1v) is 6.84. The number of nitrogens with zero attached hydrogens (tertiary/aromatic N) is 1. The van der Waals surface area contributed by atoms with E-state index in [2.05, 4.69) is 20.9 Å². The highest BCUT2D eigenvalue weighted by molar-refractivity contribution is 9.10. The maximum absolute atomic E-state index is 10.8. The molecule has 1 aromatic carbocycles. The number of nitrogens with two attached hydrogens (primary N) is 1. The third-order valence-corrected chi connectivity index (χ3v) is 3.79. The first-order chi connectivity index (χ1) is 8.60. The summed E-state index contributed by atoms with van der Waals surface area (Å²) < 4.78 is 6.04. The maximum Gasteiger partial charge on any atom is 0.224 e. The van der Waals surface area contributed by atoms with E-state index in [1.54, 1.807) is 7.11 Å². The molecular weight excluding hydrogens is 316 g/mol. The fraction of sp³-hybridized carbons (Fsp3) is 0.167. The summed E-state index contributed by atoms with van der Waals surface area (Å²) in [6, 6.07) is 5.72. The lowest BCUT2D eigenvalue weighted by atomic mass is 10.2. The van der Waals surface area contributed by atoms with Gasteiger partial charge in [0.25, 0.3) is 0 Å². The molecule has 0 radical (unpaired) electrons. The summed E-state index contributed by atoms with van der Waals surface area (Å²) in [5.41, 5.74) is 6.94. The van der Waals surface area contributed by atoms with Crippen molar-refractivity contribution in [2.24, 2.45) is 5.73 Å². The van der Waals surface area contributed by atoms with Crippen molar-refractivity contribution in [1.29, 1.82) is 0 Å². The Morgan fingerprint density at radius 1 is 1.56 bits per heavy atom. The van der Waals surface area contributed by atoms with E-state index in [1.165, 1.54) is 11.3 Å². The summed E-state index contributed by atoms with van der Waals surface area (Å²) in [6.07, 6.45) is 0.183. The number of halogens is 1. The normalized spacial score (nSPS) is 10.3. The summed E-state index contributed by atoms with van der Waals surface area (Å²) in [7, 11) is 1.62. The molecule has 0 aliphatic rings. The molecule has 2 rings (SSSR count). The minimum absolute atomic E-state index is 0.183. The molecule has 2 N–H and O–H groups in total. The number of ether oxygens (including phenoxy) is 1. The van der Waals surface area contributed by atoms with Crippen LogP contribution in [0.15, 0.2) is 28.1 Å². The van der Waals surface area contributed by atoms with Crippen molar-refractivity contribution >= 4 is 33.2 Å². The number of benzene rings is 1. The van der Waals surface area contributed by atoms with Gasteiger partial charge in [-0.3, -0.25) is 4.79 Å². The van der Waals surface area contributed by atoms with Crippen LogP contribution in [0.5, 0.6) is 5.75 Å². The van der Waals surface area contributed by atoms with Gasteiger partial charge in [0.2, 0.25) is 5.91 Å². The zero-order chi connectivity index (χ0) is 13.1. The highest BCUT2D eigenvalue weighted by Gasteiger charge is 2.08. The minimum atomic E-state index is -0.369. The second-order valence-corrected chi connectivity index (χ2v) is 5.42. The summed E-state index contributed by atoms with van der Waals surface area (Å²) in [4.78, 5) is 15.2. The van der Waals surface area contributed by atoms with E-state index in [0.717, 1.165) is 26.5 Å². The third-order valence-electron chi connectivity index (χ3n) is 2.32. The summed E-state index contributed by atoms with van der Waals surface area (Å²) in [5, 5.41) is 2.64. The second-order valence-electron chi connectivity index (χ2n) is 3.62. The first-order valence-electron chi connectivity index (χ1n) is 5.17. The van der Waals surface area contributed by atoms with Gasteiger partial charge in [-0.2, -0.15) is 0 Å². The van der Waals surface area contributed by atoms with Gasteiger partial charge in [-0.15, -0.1) is 11.3 Å². The molecule has 1 aromatic heterocycles. The molecule has 0 bridgehead atoms. The zero-order valence-electron chi connectivity index (χ0n) is 9.64. The van der Waals surface area contributed by atoms with Gasteiger partial charge < -0.3 is 10.5 Å². The first kappa shape index (κ1) is 13.0. The van der Waals surface area contributed by atoms with Crippen LogP contribution >= 0.6 is 27.3 Å². The second kappa shape index (κ2) is 5.49. The Bertz CT molecular complexity index is 583. The van der Waals surface area contributed by atoms with E-state index in [-0.39, 0.29) is 12.3 Å². The molecule has 0 aliphatic heterocycles. The number of aromatic nitrogens is 1. The van der Waals surface area contributed by atoms with Crippen LogP contribution in [-0.2, 0) is 11.2 Å². The van der Waals surface area contributed by atoms with Gasteiger partial charge >= 0.3 is 0 Å². The number of carbonyl (C=O) groups is 1. The van der Waals surface area contributed by atoms with Gasteiger partial charge in [-0.05, 0) is 34.1 Å². The molecule has 6 heteroatoms. The number of thiazole rings is 1. The van der Waals surface area contributed by atoms with Crippen LogP contribution in [0.3, 0.4) is 0 Å². The molecule has 0 saturated heterocycles. The van der Waals surface area contributed by atoms with Crippen LogP contribution < -0.4 is 10.5 Å². The molecule has 1 amide bonds. The van der Waals surface area contributed by atoms with Crippen molar-refractivity contribution in [3.63, 3.8) is 0 Å². The van der Waals surface area contributed by atoms with E-state index >= 15 is 0 Å². The number of carbonyl (C=O) groups excluding carboxylic acids is 1. The van der Waals surface area contributed by atoms with E-state index < -0.39 is 0 Å². The van der Waals surface area contributed by atoms with E-state index in [9.17, 15) is 4.79 Å². The lowest BCUT2D eigenvalue weighted by molar-refractivity contribution is -0.117. The number of rotatable bonds is 4. The Balaban J connectivity index is 2.28. The summed E-state index contributed by atoms with van der Waals surface area (Å²) in [5.74, 6) is 0.401. The van der Waals surface area contributed by atoms with Crippen LogP contribution in [0.25, 0.3) is 11.3 Å². The Labute approximate surface area is 117 Å². The molecule has 0 saturated carbocycles. The Kier molecular flexibility index (Phi) is 3.98. The van der Waals surface area contributed by atoms with E-state index in [1.807, 2.05) is 23.6 Å². The molecule has 18 heavy (non-hydrogen) atoms. The van der Waals surface area contributed by atoms with Gasteiger partial charge in [0.15, 0.2) is 0 Å². The fourth-order valence-corrected chi connectivity index (χ4v) is 2.85. The molecule has 0 atom stereocenters. The Morgan fingerprint density at radius 2 is 2.33 bits per heavy atom. The number of primary amides is 1. The predicted molar refractivity (Wildman–Crippen MR) is 74.7 cm³/mol. The molecule has 4 nitrogen and oxygen atoms in total. The van der Waals surface area contributed by atoms with Crippen molar-refractivity contribution in [1.82, 2.24) is 4.98 Å². The lowest BCUT2D eigenvalue weighted by Gasteiger charge is -2.04. The molecule has 94 valence electrons. The van der Waals surface area contributed by atoms with Crippen molar-refractivity contribution in [3.05, 3.63) is 33.1 Å². The SMILES string of the molecule is COc1ccc(-c2csc(CC(N)=O)n2)cc1Br. The van der Waals surface area contributed by atoms with Crippen molar-refractivity contribution in [3.8, 4) is 17.0 Å². The highest BCUT2D eigenvalue weighted by Crippen LogP contribution is 2.31. The Morgan fingerprint density at radius 3 is 2.94 bits per heavy atom. The van der Waals surface area contributed by atoms with Crippen LogP contribution in [0.4, 0.5) is 0 Å². The molecule has 0 fully saturated rings. The number of hydrogen-bond acceptors (Lipinski definition) is 4. The number of hydrogen-bond donors (Lipinski definition) is 1. The van der Waals surface area contributed by atoms with Crippen LogP contribution in [0.1, 0.15) is 5.01 Å². The largest absolute Gasteiger partial charge is 0.496 e. The standard InChI is InChI=1S/C12H11BrN2O2S/c1-17-10-3-2-7(4-8(10)13)9-6-18-12(15-9)5-11(14)16/h2-4,6H,5H2,1H3,(H2,14,16). The highest BCUT2D eigenvalue weighted by atomic mass is 79.9. The van der Waals surface area contributed by atoms with E-state index in [0.29, 0.717) is 0 Å². The quantitative estimate of drug-likeness (QED) is 0.939. The molecule has 0 aliphatic carbocycles. The fourth-order valence-electron chi connectivity index (χ4n) is 1.50. The Hall–Kier alpha value is -1.40. The van der Waals surface area contributed by atoms with Gasteiger partial charge in [-0.1, -0.05) is 0 Å². The predicted octanol–water partition coefficient (Wildman–Crippen LogP) is 2.61. The maximum atomic E-state index is 10.8. The molecule has 0 unspecified atom stereocenters. The van der Waals surface area contributed by atoms with E-state index in [4.69, 9.17) is 10.5 Å². The van der Waals surface area contributed by atoms with Gasteiger partial charge in [0.1, 0.15) is 10.8 Å². The van der Waals surface area contributed by atoms with Gasteiger partial charge in [-0.25, -0.2) is 4.98 Å². The van der Waals surface area contributed by atoms with Gasteiger partial charge in [0, 0.05) is 10.9 Å². The monoisotopic (exact) mass is 326 g/mol. The van der Waals surface area contributed by atoms with Crippen molar-refractivity contribution < 1.29 is 9.53 Å². The summed E-state index contributed by atoms with van der Waals surface area (Å²) >= 11 is 4.86. The average Bonchev–Trinajstić information content (AvgIpc) is 2.76. The summed E-state index contributed by atoms with van der Waals surface area (Å²) in [6.45, 7) is 0. The lowest BCUT2D eigenvalue weighted by Crippen LogP contribution is -2.13. The van der Waals surface area contributed by atoms with Crippen molar-refractivity contribution in [2.75, 3.05) is 7.11 Å². The third kappa shape index (κ3) is 2.88. The smallest absolute Gasteiger partial charge is 0.224 e. The van der Waals surface area contributed by atoms with Crippen molar-refractivity contribution in [2.45, 2.75) is 6.42 Å². The zero-order valence-corrected chi connectivity index (χ0v) is 12.0. The number of methoxy groups -OCH3 is 1. The van der Waals surface area contributed by atoms with Crippen LogP contribution in [0.2, 0.25) is 0 Å². The minimum Gasteiger partial charge on any atom is -0.496 e. The van der Waals surface area contributed by atoms with Crippen LogP contribution in [-0.4, -0.2) is 18.0 Å². The van der Waals surface area contributed by atoms with Crippen LogP contribution in [0, 0.1) is 0 Å². The number of amides is 1. The molecule has 0 spiro atoms. The molecule has 1 heterocycles. The molecule has 2 aromatic rings. The molecular formula is C12H11BrN2O2S. The topological polar surface area (TPSA) is 65.2 Å².